The van der Waals surface area contributed by atoms with Crippen LogP contribution in [0.25, 0.3) is 0 Å². The van der Waals surface area contributed by atoms with Gasteiger partial charge in [0.1, 0.15) is 0 Å². The van der Waals surface area contributed by atoms with Crippen molar-refractivity contribution in [3.8, 4) is 0 Å². The number of rotatable bonds is 2. The summed E-state index contributed by atoms with van der Waals surface area (Å²) in [5, 5.41) is 0. The van der Waals surface area contributed by atoms with Gasteiger partial charge in [0, 0.05) is 14.1 Å². The summed E-state index contributed by atoms with van der Waals surface area (Å²) in [6.07, 6.45) is 0. The summed E-state index contributed by atoms with van der Waals surface area (Å²) >= 11 is 6.15. The van der Waals surface area contributed by atoms with Gasteiger partial charge in [-0.3, -0.25) is 0 Å². The molecule has 0 saturated heterocycles. The molecule has 4 heteroatoms. The molecular formula is C5H11NOS2. The van der Waals surface area contributed by atoms with E-state index in [2.05, 4.69) is 0 Å². The maximum Gasteiger partial charge on any atom is 0.163 e. The number of hydrogen-bond donors (Lipinski definition) is 0. The minimum atomic E-state index is 0.693. The molecule has 0 atom stereocenters. The number of hydrogen-bond acceptors (Lipinski definition) is 3. The number of nitrogens with zero attached hydrogens (tertiary/aromatic N) is 1. The molecule has 0 bridgehead atoms. The molecule has 0 aromatic carbocycles. The molecular weight excluding hydrogens is 154 g/mol. The number of thiocarbonyl (C=S) groups is 1. The summed E-state index contributed by atoms with van der Waals surface area (Å²) in [4.78, 5) is 1.84. The zero-order valence-corrected chi connectivity index (χ0v) is 7.51. The fourth-order valence-corrected chi connectivity index (χ4v) is 0.696. The molecule has 0 aromatic heterocycles. The second-order valence-corrected chi connectivity index (χ2v) is 3.08. The average Bonchev–Trinajstić information content (AvgIpc) is 1.82. The van der Waals surface area contributed by atoms with Crippen LogP contribution in [0.5, 0.6) is 0 Å². The van der Waals surface area contributed by atoms with Gasteiger partial charge in [-0.05, 0) is 6.92 Å². The van der Waals surface area contributed by atoms with Crippen molar-refractivity contribution in [1.29, 1.82) is 0 Å². The summed E-state index contributed by atoms with van der Waals surface area (Å²) in [7, 11) is 3.79. The molecule has 0 aliphatic rings. The third-order valence-corrected chi connectivity index (χ3v) is 2.04. The zero-order chi connectivity index (χ0) is 7.28. The Kier molecular flexibility index (Phi) is 5.13. The van der Waals surface area contributed by atoms with Gasteiger partial charge in [0.25, 0.3) is 0 Å². The Bertz CT molecular complexity index is 95.0. The Hall–Kier alpha value is 0.200. The molecule has 0 N–H and O–H groups in total. The van der Waals surface area contributed by atoms with Gasteiger partial charge in [-0.2, -0.15) is 0 Å². The van der Waals surface area contributed by atoms with Crippen LogP contribution in [0.4, 0.5) is 0 Å². The lowest BCUT2D eigenvalue weighted by atomic mass is 10.9. The monoisotopic (exact) mass is 165 g/mol. The minimum Gasteiger partial charge on any atom is -0.362 e. The van der Waals surface area contributed by atoms with E-state index in [1.54, 1.807) is 0 Å². The van der Waals surface area contributed by atoms with Gasteiger partial charge in [0.2, 0.25) is 0 Å². The van der Waals surface area contributed by atoms with Crippen LogP contribution in [-0.4, -0.2) is 29.9 Å². The van der Waals surface area contributed by atoms with Crippen molar-refractivity contribution < 1.29 is 4.18 Å². The summed E-state index contributed by atoms with van der Waals surface area (Å²) in [5.41, 5.74) is 0. The van der Waals surface area contributed by atoms with E-state index in [9.17, 15) is 0 Å². The van der Waals surface area contributed by atoms with Gasteiger partial charge in [0.15, 0.2) is 4.32 Å². The molecule has 54 valence electrons. The molecule has 0 aromatic rings. The fraction of sp³-hybridized carbons (Fsp3) is 0.800. The molecule has 2 nitrogen and oxygen atoms in total. The topological polar surface area (TPSA) is 12.5 Å². The Morgan fingerprint density at radius 2 is 2.22 bits per heavy atom. The molecule has 0 aliphatic carbocycles. The van der Waals surface area contributed by atoms with E-state index in [1.165, 1.54) is 12.0 Å². The van der Waals surface area contributed by atoms with Crippen LogP contribution < -0.4 is 0 Å². The molecule has 0 spiro atoms. The smallest absolute Gasteiger partial charge is 0.163 e. The maximum atomic E-state index is 4.99. The van der Waals surface area contributed by atoms with E-state index in [0.29, 0.717) is 6.61 Å². The first kappa shape index (κ1) is 9.20. The summed E-state index contributed by atoms with van der Waals surface area (Å²) in [6, 6.07) is 0. The summed E-state index contributed by atoms with van der Waals surface area (Å²) in [6.45, 7) is 2.63. The molecule has 0 amide bonds. The first-order chi connectivity index (χ1) is 4.18. The third kappa shape index (κ3) is 4.69. The molecule has 0 heterocycles. The van der Waals surface area contributed by atoms with Crippen molar-refractivity contribution in [3.05, 3.63) is 0 Å². The van der Waals surface area contributed by atoms with Crippen molar-refractivity contribution in [2.24, 2.45) is 0 Å². The van der Waals surface area contributed by atoms with Crippen LogP contribution in [0.2, 0.25) is 0 Å². The Morgan fingerprint density at radius 1 is 1.67 bits per heavy atom. The highest BCUT2D eigenvalue weighted by atomic mass is 32.2. The van der Waals surface area contributed by atoms with E-state index >= 15 is 0 Å². The van der Waals surface area contributed by atoms with E-state index in [-0.39, 0.29) is 0 Å². The van der Waals surface area contributed by atoms with Crippen molar-refractivity contribution in [3.63, 3.8) is 0 Å². The average molecular weight is 165 g/mol. The van der Waals surface area contributed by atoms with Crippen LogP contribution in [-0.2, 0) is 4.18 Å². The molecule has 0 aliphatic heterocycles. The van der Waals surface area contributed by atoms with E-state index < -0.39 is 0 Å². The predicted molar refractivity (Wildman–Crippen MR) is 45.5 cm³/mol. The van der Waals surface area contributed by atoms with Crippen LogP contribution in [0, 0.1) is 0 Å². The summed E-state index contributed by atoms with van der Waals surface area (Å²) in [5.74, 6) is 0. The predicted octanol–water partition coefficient (Wildman–Crippen LogP) is 1.52. The maximum absolute atomic E-state index is 4.99. The molecule has 0 unspecified atom stereocenters. The molecule has 0 radical (unpaired) electrons. The van der Waals surface area contributed by atoms with Crippen molar-refractivity contribution >= 4 is 28.6 Å². The molecule has 0 fully saturated rings. The lowest BCUT2D eigenvalue weighted by Crippen LogP contribution is -2.16. The standard InChI is InChI=1S/C5H11NOS2/c1-4-7-9-5(8)6(2)3/h4H2,1-3H3. The molecule has 0 saturated carbocycles. The van der Waals surface area contributed by atoms with Gasteiger partial charge in [-0.15, -0.1) is 0 Å². The van der Waals surface area contributed by atoms with E-state index in [1.807, 2.05) is 25.9 Å². The Labute approximate surface area is 65.8 Å². The highest BCUT2D eigenvalue weighted by molar-refractivity contribution is 8.19. The van der Waals surface area contributed by atoms with Gasteiger partial charge < -0.3 is 9.08 Å². The van der Waals surface area contributed by atoms with Crippen LogP contribution >= 0.6 is 24.3 Å². The minimum absolute atomic E-state index is 0.693. The molecule has 0 rings (SSSR count). The second kappa shape index (κ2) is 5.02. The quantitative estimate of drug-likeness (QED) is 0.454. The summed E-state index contributed by atoms with van der Waals surface area (Å²) < 4.78 is 5.75. The lowest BCUT2D eigenvalue weighted by molar-refractivity contribution is 0.405. The van der Waals surface area contributed by atoms with E-state index in [4.69, 9.17) is 16.4 Å². The first-order valence-corrected chi connectivity index (χ1v) is 3.84. The van der Waals surface area contributed by atoms with Gasteiger partial charge in [0.05, 0.1) is 18.6 Å². The Balaban J connectivity index is 3.28. The Morgan fingerprint density at radius 3 is 2.56 bits per heavy atom. The van der Waals surface area contributed by atoms with Gasteiger partial charge in [-0.1, -0.05) is 12.2 Å². The van der Waals surface area contributed by atoms with Crippen molar-refractivity contribution in [2.45, 2.75) is 6.92 Å². The van der Waals surface area contributed by atoms with Crippen molar-refractivity contribution in [1.82, 2.24) is 4.90 Å². The highest BCUT2D eigenvalue weighted by Gasteiger charge is 1.97. The fourth-order valence-electron chi connectivity index (χ4n) is 0.184. The van der Waals surface area contributed by atoms with E-state index in [0.717, 1.165) is 4.32 Å². The normalized spacial score (nSPS) is 9.22. The van der Waals surface area contributed by atoms with Crippen LogP contribution in [0.15, 0.2) is 0 Å². The second-order valence-electron chi connectivity index (χ2n) is 1.65. The highest BCUT2D eigenvalue weighted by Crippen LogP contribution is 2.06. The lowest BCUT2D eigenvalue weighted by Gasteiger charge is -2.10. The first-order valence-electron chi connectivity index (χ1n) is 2.69. The third-order valence-electron chi connectivity index (χ3n) is 0.613. The largest absolute Gasteiger partial charge is 0.362 e. The SMILES string of the molecule is CCOSC(=S)N(C)C. The molecule has 9 heavy (non-hydrogen) atoms. The van der Waals surface area contributed by atoms with Crippen LogP contribution in [0.1, 0.15) is 6.92 Å². The van der Waals surface area contributed by atoms with Gasteiger partial charge in [-0.25, -0.2) is 0 Å². The zero-order valence-electron chi connectivity index (χ0n) is 5.88. The van der Waals surface area contributed by atoms with Crippen molar-refractivity contribution in [2.75, 3.05) is 20.7 Å². The van der Waals surface area contributed by atoms with Crippen LogP contribution in [0.3, 0.4) is 0 Å². The van der Waals surface area contributed by atoms with Gasteiger partial charge >= 0.3 is 0 Å².